The summed E-state index contributed by atoms with van der Waals surface area (Å²) in [5.41, 5.74) is 0. The molecule has 4 rings (SSSR count). The highest BCUT2D eigenvalue weighted by Gasteiger charge is 1.96. The Bertz CT molecular complexity index is 1100. The van der Waals surface area contributed by atoms with Gasteiger partial charge in [0.25, 0.3) is 0 Å². The molecule has 0 aliphatic carbocycles. The summed E-state index contributed by atoms with van der Waals surface area (Å²) in [5, 5.41) is 5.05. The van der Waals surface area contributed by atoms with E-state index in [-0.39, 0.29) is 14.9 Å². The highest BCUT2D eigenvalue weighted by atomic mass is 31.1. The predicted octanol–water partition coefficient (Wildman–Crippen LogP) is 7.16. The Hall–Kier alpha value is -2.43. The van der Waals surface area contributed by atoms with Crippen LogP contribution in [0, 0.1) is 0 Å². The van der Waals surface area contributed by atoms with Crippen molar-refractivity contribution in [3.63, 3.8) is 0 Å². The largest absolute Gasteiger partial charge is 0.494 e. The molecule has 38 heavy (non-hydrogen) atoms. The van der Waals surface area contributed by atoms with Gasteiger partial charge in [-0.3, -0.25) is 0 Å². The fourth-order valence-electron chi connectivity index (χ4n) is 2.99. The SMILES string of the molecule is C.C.CCOc1ccc(P)cc1.CCOc1ccc(Pc2ccccc2)cc1.CCOc1cccc(P)c1. The summed E-state index contributed by atoms with van der Waals surface area (Å²) >= 11 is 0. The van der Waals surface area contributed by atoms with Crippen molar-refractivity contribution >= 4 is 48.3 Å². The molecule has 0 aliphatic rings. The van der Waals surface area contributed by atoms with E-state index in [0.717, 1.165) is 51.0 Å². The lowest BCUT2D eigenvalue weighted by molar-refractivity contribution is 0.340. The first-order chi connectivity index (χ1) is 17.5. The second-order valence-electron chi connectivity index (χ2n) is 7.46. The molecule has 0 N–H and O–H groups in total. The number of ether oxygens (including phenoxy) is 3. The number of hydrogen-bond acceptors (Lipinski definition) is 3. The Morgan fingerprint density at radius 2 is 0.974 bits per heavy atom. The zero-order valence-corrected chi connectivity index (χ0v) is 24.6. The molecule has 0 saturated heterocycles. The van der Waals surface area contributed by atoms with Gasteiger partial charge in [0.1, 0.15) is 17.2 Å². The molecular formula is C32H45O3P3. The van der Waals surface area contributed by atoms with Crippen LogP contribution in [0.1, 0.15) is 35.6 Å². The maximum atomic E-state index is 5.41. The van der Waals surface area contributed by atoms with E-state index < -0.39 is 0 Å². The molecule has 206 valence electrons. The second-order valence-corrected chi connectivity index (χ2v) is 10.2. The van der Waals surface area contributed by atoms with Crippen LogP contribution in [0.25, 0.3) is 0 Å². The molecule has 0 bridgehead atoms. The summed E-state index contributed by atoms with van der Waals surface area (Å²) in [6, 6.07) is 34.8. The van der Waals surface area contributed by atoms with Crippen molar-refractivity contribution in [1.29, 1.82) is 0 Å². The zero-order chi connectivity index (χ0) is 26.0. The van der Waals surface area contributed by atoms with Crippen LogP contribution < -0.4 is 35.4 Å². The summed E-state index contributed by atoms with van der Waals surface area (Å²) in [5.74, 6) is 2.83. The lowest BCUT2D eigenvalue weighted by Crippen LogP contribution is -2.02. The van der Waals surface area contributed by atoms with Gasteiger partial charge in [-0.05, 0) is 78.4 Å². The summed E-state index contributed by atoms with van der Waals surface area (Å²) in [6.45, 7) is 8.15. The Morgan fingerprint density at radius 1 is 0.500 bits per heavy atom. The Labute approximate surface area is 237 Å². The highest BCUT2D eigenvalue weighted by Crippen LogP contribution is 2.14. The average Bonchev–Trinajstić information content (AvgIpc) is 2.89. The summed E-state index contributed by atoms with van der Waals surface area (Å²) in [4.78, 5) is 0. The minimum Gasteiger partial charge on any atom is -0.494 e. The first kappa shape index (κ1) is 35.6. The maximum Gasteiger partial charge on any atom is 0.119 e. The van der Waals surface area contributed by atoms with E-state index in [9.17, 15) is 0 Å². The smallest absolute Gasteiger partial charge is 0.119 e. The van der Waals surface area contributed by atoms with Gasteiger partial charge in [0.05, 0.1) is 19.8 Å². The first-order valence-electron chi connectivity index (χ1n) is 12.1. The van der Waals surface area contributed by atoms with E-state index in [4.69, 9.17) is 14.2 Å². The Balaban J connectivity index is 0.000000550. The normalized spacial score (nSPS) is 9.50. The molecule has 3 atom stereocenters. The minimum absolute atomic E-state index is 0. The molecule has 6 heteroatoms. The van der Waals surface area contributed by atoms with Crippen molar-refractivity contribution in [2.24, 2.45) is 0 Å². The number of rotatable bonds is 8. The molecule has 3 unspecified atom stereocenters. The molecule has 0 aromatic heterocycles. The number of hydrogen-bond donors (Lipinski definition) is 0. The van der Waals surface area contributed by atoms with Crippen LogP contribution in [0.2, 0.25) is 0 Å². The van der Waals surface area contributed by atoms with Gasteiger partial charge in [0, 0.05) is 0 Å². The van der Waals surface area contributed by atoms with E-state index in [0.29, 0.717) is 0 Å². The number of benzene rings is 4. The predicted molar refractivity (Wildman–Crippen MR) is 179 cm³/mol. The molecular weight excluding hydrogens is 525 g/mol. The summed E-state index contributed by atoms with van der Waals surface area (Å²) in [7, 11) is 5.99. The monoisotopic (exact) mass is 570 g/mol. The molecule has 4 aromatic carbocycles. The fourth-order valence-corrected chi connectivity index (χ4v) is 4.48. The van der Waals surface area contributed by atoms with Gasteiger partial charge in [-0.15, -0.1) is 18.5 Å². The topological polar surface area (TPSA) is 27.7 Å². The van der Waals surface area contributed by atoms with Crippen LogP contribution in [0.3, 0.4) is 0 Å². The second kappa shape index (κ2) is 21.5. The van der Waals surface area contributed by atoms with E-state index in [2.05, 4.69) is 54.9 Å². The third-order valence-corrected chi connectivity index (χ3v) is 6.58. The van der Waals surface area contributed by atoms with E-state index in [1.165, 1.54) is 15.9 Å². The van der Waals surface area contributed by atoms with E-state index >= 15 is 0 Å². The first-order valence-corrected chi connectivity index (χ1v) is 14.2. The molecule has 0 spiro atoms. The van der Waals surface area contributed by atoms with Crippen molar-refractivity contribution in [2.75, 3.05) is 19.8 Å². The third-order valence-electron chi connectivity index (χ3n) is 4.59. The van der Waals surface area contributed by atoms with Crippen LogP contribution in [-0.4, -0.2) is 19.8 Å². The van der Waals surface area contributed by atoms with Crippen molar-refractivity contribution in [2.45, 2.75) is 35.6 Å². The average molecular weight is 571 g/mol. The lowest BCUT2D eigenvalue weighted by atomic mass is 10.3. The minimum atomic E-state index is 0. The molecule has 0 fully saturated rings. The molecule has 0 heterocycles. The molecule has 0 radical (unpaired) electrons. The van der Waals surface area contributed by atoms with Crippen LogP contribution in [0.5, 0.6) is 17.2 Å². The van der Waals surface area contributed by atoms with Gasteiger partial charge < -0.3 is 14.2 Å². The lowest BCUT2D eigenvalue weighted by Gasteiger charge is -2.05. The van der Waals surface area contributed by atoms with Crippen LogP contribution >= 0.6 is 27.1 Å². The van der Waals surface area contributed by atoms with E-state index in [1.54, 1.807) is 0 Å². The summed E-state index contributed by atoms with van der Waals surface area (Å²) in [6.07, 6.45) is 0. The van der Waals surface area contributed by atoms with Crippen molar-refractivity contribution in [1.82, 2.24) is 0 Å². The van der Waals surface area contributed by atoms with Crippen LogP contribution in [-0.2, 0) is 0 Å². The van der Waals surface area contributed by atoms with Crippen LogP contribution in [0.15, 0.2) is 103 Å². The molecule has 4 aromatic rings. The van der Waals surface area contributed by atoms with Gasteiger partial charge in [-0.25, -0.2) is 0 Å². The highest BCUT2D eigenvalue weighted by molar-refractivity contribution is 7.55. The van der Waals surface area contributed by atoms with Gasteiger partial charge in [0.15, 0.2) is 0 Å². The zero-order valence-electron chi connectivity index (χ0n) is 21.3. The van der Waals surface area contributed by atoms with E-state index in [1.807, 2.05) is 87.5 Å². The van der Waals surface area contributed by atoms with Gasteiger partial charge in [-0.2, -0.15) is 0 Å². The Morgan fingerprint density at radius 3 is 1.47 bits per heavy atom. The standard InChI is InChI=1S/C14H15OP.2C8H11OP.2CH4/c1-2-15-12-8-10-14(11-9-12)16-13-6-4-3-5-7-13;1-2-9-7-3-5-8(10)6-4-7;1-2-9-7-4-3-5-8(10)6-7;;/h3-11,16H,2H2,1H3;2*3-6H,2,10H2,1H3;2*1H4. The molecule has 0 saturated carbocycles. The Kier molecular flexibility index (Phi) is 20.1. The molecule has 3 nitrogen and oxygen atoms in total. The quantitative estimate of drug-likeness (QED) is 0.211. The maximum absolute atomic E-state index is 5.41. The summed E-state index contributed by atoms with van der Waals surface area (Å²) < 4.78 is 15.9. The molecule has 0 amide bonds. The third kappa shape index (κ3) is 15.1. The molecule has 0 aliphatic heterocycles. The van der Waals surface area contributed by atoms with Crippen molar-refractivity contribution in [3.8, 4) is 17.2 Å². The van der Waals surface area contributed by atoms with Crippen LogP contribution in [0.4, 0.5) is 0 Å². The van der Waals surface area contributed by atoms with Gasteiger partial charge >= 0.3 is 0 Å². The van der Waals surface area contributed by atoms with Crippen molar-refractivity contribution in [3.05, 3.63) is 103 Å². The van der Waals surface area contributed by atoms with Gasteiger partial charge in [0.2, 0.25) is 0 Å². The van der Waals surface area contributed by atoms with Gasteiger partial charge in [-0.1, -0.05) is 90.2 Å². The fraction of sp³-hybridized carbons (Fsp3) is 0.250. The van der Waals surface area contributed by atoms with Crippen molar-refractivity contribution < 1.29 is 14.2 Å².